The lowest BCUT2D eigenvalue weighted by Crippen LogP contribution is -2.49. The van der Waals surface area contributed by atoms with Gasteiger partial charge in [-0.15, -0.1) is 46.4 Å². The predicted molar refractivity (Wildman–Crippen MR) is 536 cm³/mol. The molecule has 3 saturated heterocycles. The number of nitrogens with zero attached hydrogens (tertiary/aromatic N) is 12. The summed E-state index contributed by atoms with van der Waals surface area (Å²) in [4.78, 5) is 133. The third-order valence-corrected chi connectivity index (χ3v) is 29.8. The second-order valence-electron chi connectivity index (χ2n) is 37.8. The Balaban J connectivity index is 0.000000168. The smallest absolute Gasteiger partial charge is 0.453 e. The van der Waals surface area contributed by atoms with Crippen molar-refractivity contribution in [2.24, 2.45) is 17.8 Å². The van der Waals surface area contributed by atoms with Crippen molar-refractivity contribution in [1.29, 1.82) is 0 Å². The van der Waals surface area contributed by atoms with Crippen LogP contribution in [0.1, 0.15) is 140 Å². The van der Waals surface area contributed by atoms with Crippen molar-refractivity contribution in [1.82, 2.24) is 59.3 Å². The van der Waals surface area contributed by atoms with Gasteiger partial charge in [-0.05, 0) is 204 Å². The van der Waals surface area contributed by atoms with Gasteiger partial charge in [-0.25, -0.2) is 22.3 Å². The van der Waals surface area contributed by atoms with E-state index in [-0.39, 0.29) is 85.5 Å². The topological polar surface area (TPSA) is 359 Å². The molecule has 12 heterocycles. The maximum Gasteiger partial charge on any atom is 0.476 e. The van der Waals surface area contributed by atoms with Crippen LogP contribution in [0.2, 0.25) is 0 Å². The lowest BCUT2D eigenvalue weighted by atomic mass is 10.0. The predicted octanol–water partition coefficient (Wildman–Crippen LogP) is 19.5. The number of ketones is 3. The maximum absolute atomic E-state index is 15.1. The van der Waals surface area contributed by atoms with Crippen molar-refractivity contribution >= 4 is 128 Å². The summed E-state index contributed by atoms with van der Waals surface area (Å²) in [6, 6.07) is 37.0. The maximum atomic E-state index is 15.1. The number of rotatable bonds is 36. The average Bonchev–Trinajstić information content (AvgIpc) is 1.65. The Kier molecular flexibility index (Phi) is 35.6. The van der Waals surface area contributed by atoms with E-state index in [1.165, 1.54) is 57.1 Å². The monoisotopic (exact) mass is 2050 g/mol. The highest BCUT2D eigenvalue weighted by Gasteiger charge is 2.39. The van der Waals surface area contributed by atoms with Gasteiger partial charge in [0.25, 0.3) is 0 Å². The van der Waals surface area contributed by atoms with E-state index >= 15 is 4.39 Å². The van der Waals surface area contributed by atoms with Crippen LogP contribution in [0.15, 0.2) is 165 Å². The van der Waals surface area contributed by atoms with Crippen LogP contribution in [-0.2, 0) is 94.9 Å². The molecule has 3 amide bonds. The molecule has 18 rings (SSSR count). The summed E-state index contributed by atoms with van der Waals surface area (Å²) in [6.07, 6.45) is 19.5. The molecule has 3 saturated carbocycles. The third-order valence-electron chi connectivity index (χ3n) is 23.9. The van der Waals surface area contributed by atoms with Crippen LogP contribution in [0.5, 0.6) is 34.5 Å². The summed E-state index contributed by atoms with van der Waals surface area (Å²) in [5.41, 5.74) is 8.02. The Bertz CT molecular complexity index is 6510. The number of carbonyl (C=O) groups is 6. The number of phosphoric acid groups is 2. The first-order valence-corrected chi connectivity index (χ1v) is 51.9. The molecule has 141 heavy (non-hydrogen) atoms. The Morgan fingerprint density at radius 1 is 0.390 bits per heavy atom. The zero-order chi connectivity index (χ0) is 97.9. The van der Waals surface area contributed by atoms with E-state index < -0.39 is 70.0 Å². The zero-order valence-electron chi connectivity index (χ0n) is 78.5. The number of piperazine rings is 3. The van der Waals surface area contributed by atoms with Gasteiger partial charge in [0.05, 0.1) is 73.6 Å². The number of Topliss-reactive ketones (excluding diaryl/α,β-unsaturated/α-hetero) is 3. The molecule has 9 aromatic heterocycles. The lowest BCUT2D eigenvalue weighted by Gasteiger charge is -2.35. The Morgan fingerprint density at radius 2 is 0.681 bits per heavy atom. The van der Waals surface area contributed by atoms with E-state index in [0.29, 0.717) is 155 Å². The number of halogens is 4. The van der Waals surface area contributed by atoms with E-state index in [2.05, 4.69) is 50.2 Å². The van der Waals surface area contributed by atoms with Gasteiger partial charge in [0.1, 0.15) is 54.4 Å². The first-order chi connectivity index (χ1) is 66.5. The molecule has 3 aliphatic carbocycles. The van der Waals surface area contributed by atoms with Gasteiger partial charge < -0.3 is 43.8 Å². The highest BCUT2D eigenvalue weighted by atomic mass is 35.5. The van der Waals surface area contributed by atoms with Crippen LogP contribution in [-0.4, -0.2) is 219 Å². The molecule has 0 spiro atoms. The van der Waals surface area contributed by atoms with Crippen LogP contribution in [0.4, 0.5) is 13.2 Å². The van der Waals surface area contributed by atoms with E-state index in [0.717, 1.165) is 132 Å². The lowest BCUT2D eigenvalue weighted by molar-refractivity contribution is -0.136. The highest BCUT2D eigenvalue weighted by molar-refractivity contribution is 7.48. The fraction of sp³-hybridized carbons (Fsp3) is 0.412. The zero-order valence-corrected chi connectivity index (χ0v) is 83.6. The quantitative estimate of drug-likeness (QED) is 0.0307. The fourth-order valence-electron chi connectivity index (χ4n) is 16.3. The first kappa shape index (κ1) is 106. The largest absolute Gasteiger partial charge is 0.476 e. The summed E-state index contributed by atoms with van der Waals surface area (Å²) in [6.45, 7) is 18.2. The van der Waals surface area contributed by atoms with Crippen molar-refractivity contribution in [3.05, 3.63) is 215 Å². The normalized spacial score (nSPS) is 15.6. The van der Waals surface area contributed by atoms with Crippen molar-refractivity contribution in [2.75, 3.05) is 98.4 Å². The van der Waals surface area contributed by atoms with Crippen LogP contribution < -0.4 is 14.2 Å². The molecule has 0 atom stereocenters. The SMILES string of the molecule is C.CC(C)(C)OP(=O)(OCC(=O)N1CCN(Cc2ccc(-c3cc4nccc(Oc5ccc(CC(=O)CC6CC6)cc5F)c4s3)nc2)CC1)OC(C)(C)C.Cl.O=C(Cc1ccc(Oc2ccnc3cc(-c4ccc(CN5CCN(C(=O)CO)CC5)cn4)sc23)c(F)c1)CC1CC1.O=C(Cc1ccc(Oc2ccnc3cc(-c4ccc(CN5CCN(C(=O)COP(=O)(O)O)CC5)cn4)sc23)c(F)c1)CC1CC1. The minimum atomic E-state index is -4.69. The Hall–Kier alpha value is -10.6. The highest BCUT2D eigenvalue weighted by Crippen LogP contribution is 2.56. The Labute approximate surface area is 834 Å². The van der Waals surface area contributed by atoms with Crippen LogP contribution >= 0.6 is 62.1 Å². The van der Waals surface area contributed by atoms with Crippen LogP contribution in [0.25, 0.3) is 62.4 Å². The van der Waals surface area contributed by atoms with Crippen molar-refractivity contribution < 1.29 is 98.3 Å². The van der Waals surface area contributed by atoms with Gasteiger partial charge in [-0.3, -0.25) is 91.5 Å². The number of ether oxygens (including phenoxy) is 3. The molecule has 0 bridgehead atoms. The first-order valence-electron chi connectivity index (χ1n) is 46.5. The molecule has 30 nitrogen and oxygen atoms in total. The molecule has 6 aliphatic rings. The average molecular weight is 2050 g/mol. The van der Waals surface area contributed by atoms with Crippen LogP contribution in [0.3, 0.4) is 0 Å². The number of amides is 3. The summed E-state index contributed by atoms with van der Waals surface area (Å²) in [7, 11) is -8.67. The summed E-state index contributed by atoms with van der Waals surface area (Å²) < 4.78 is 110. The standard InChI is InChI=1S/C39H48FN4O7PS.C31H32FN4O7PS.C31H31FN4O4S.CH4.ClH/c1-38(2,3)50-52(47,51-39(4,5)6)48-25-36(46)44-17-15-43(16-18-44)24-28-9-11-31(42-23-28)35-22-32-37(53-35)34(13-14-41-32)49-33-12-10-27(21-30(33)40)20-29(45)19-26-7-8-26;32-24-15-21(14-23(37)13-20-1-2-20)4-6-27(24)43-28-7-8-33-26-16-29(45-31(26)28)25-5-3-22(17-34-25)18-35-9-11-36(12-10-35)30(38)19-42-44(39,40)41;32-24-15-21(14-23(38)13-20-1-2-20)4-6-27(24)40-28-7-8-33-26-16-29(41-31(26)28)25-5-3-22(17-34-25)18-35-9-11-36(12-10-35)30(39)19-37;;/h9-14,21-23,26H,7-8,15-20,24-25H2,1-6H3;3-8,15-17,20H,1-2,9-14,18-19H2,(H2,39,40,41);3-8,15-17,20,37H,1-2,9-14,18-19H2;1H4;1H. The second kappa shape index (κ2) is 47.3. The van der Waals surface area contributed by atoms with Gasteiger partial charge in [0, 0.05) is 192 Å². The van der Waals surface area contributed by atoms with Gasteiger partial charge in [0.2, 0.25) is 17.7 Å². The Morgan fingerprint density at radius 3 is 0.943 bits per heavy atom. The van der Waals surface area contributed by atoms with Crippen molar-refractivity contribution in [3.63, 3.8) is 0 Å². The number of aliphatic hydroxyl groups excluding tert-OH is 1. The van der Waals surface area contributed by atoms with Gasteiger partial charge in [0.15, 0.2) is 34.7 Å². The number of carbonyl (C=O) groups excluding carboxylic acids is 6. The molecular formula is C102H116ClF3N12O18P2S3. The molecule has 3 aliphatic heterocycles. The van der Waals surface area contributed by atoms with E-state index in [1.54, 1.807) is 125 Å². The summed E-state index contributed by atoms with van der Waals surface area (Å²) in [5, 5.41) is 9.05. The molecule has 0 radical (unpaired) electrons. The number of aliphatic hydroxyl groups is 1. The van der Waals surface area contributed by atoms with Gasteiger partial charge in [-0.2, -0.15) is 0 Å². The number of hydrogen-bond donors (Lipinski definition) is 3. The molecule has 748 valence electrons. The molecule has 3 aromatic carbocycles. The molecule has 0 unspecified atom stereocenters. The number of benzene rings is 3. The number of hydrogen-bond acceptors (Lipinski definition) is 28. The molecule has 3 N–H and O–H groups in total. The van der Waals surface area contributed by atoms with Crippen LogP contribution in [0, 0.1) is 35.2 Å². The molecule has 12 aromatic rings. The summed E-state index contributed by atoms with van der Waals surface area (Å²) in [5.74, 6) is 1.25. The molecule has 39 heteroatoms. The van der Waals surface area contributed by atoms with Gasteiger partial charge >= 0.3 is 15.6 Å². The van der Waals surface area contributed by atoms with E-state index in [1.807, 2.05) is 67.1 Å². The third kappa shape index (κ3) is 30.7. The number of fused-ring (bicyclic) bond motifs is 3. The second-order valence-corrected chi connectivity index (χ2v) is 43.7. The minimum absolute atomic E-state index is 0. The van der Waals surface area contributed by atoms with Crippen molar-refractivity contribution in [3.8, 4) is 66.2 Å². The van der Waals surface area contributed by atoms with E-state index in [4.69, 9.17) is 47.7 Å². The van der Waals surface area contributed by atoms with Gasteiger partial charge in [-0.1, -0.05) is 43.8 Å². The fourth-order valence-corrected chi connectivity index (χ4v) is 21.5. The van der Waals surface area contributed by atoms with Crippen molar-refractivity contribution in [2.45, 2.75) is 157 Å². The van der Waals surface area contributed by atoms with E-state index in [9.17, 15) is 46.7 Å². The molecular weight excluding hydrogens is 1930 g/mol. The summed E-state index contributed by atoms with van der Waals surface area (Å²) >= 11 is 4.41. The molecule has 6 fully saturated rings. The number of phosphoric ester groups is 2. The minimum Gasteiger partial charge on any atom is -0.453 e. The number of aromatic nitrogens is 6. The number of thiophene rings is 3. The number of pyridine rings is 6.